The van der Waals surface area contributed by atoms with Gasteiger partial charge in [-0.2, -0.15) is 0 Å². The second-order valence-corrected chi connectivity index (χ2v) is 3.83. The van der Waals surface area contributed by atoms with E-state index in [1.165, 1.54) is 0 Å². The van der Waals surface area contributed by atoms with Crippen LogP contribution in [0.3, 0.4) is 0 Å². The van der Waals surface area contributed by atoms with Crippen molar-refractivity contribution in [3.63, 3.8) is 0 Å². The summed E-state index contributed by atoms with van der Waals surface area (Å²) in [6, 6.07) is 0. The molecule has 1 heterocycles. The lowest BCUT2D eigenvalue weighted by Gasteiger charge is -2.10. The van der Waals surface area contributed by atoms with Gasteiger partial charge in [0.15, 0.2) is 6.10 Å². The average Bonchev–Trinajstić information content (AvgIpc) is 2.70. The third-order valence-electron chi connectivity index (χ3n) is 2.46. The Kier molecular flexibility index (Phi) is 5.21. The maximum atomic E-state index is 11.3. The molecule has 0 aromatic rings. The van der Waals surface area contributed by atoms with E-state index in [0.717, 1.165) is 12.8 Å². The van der Waals surface area contributed by atoms with E-state index in [1.54, 1.807) is 0 Å². The van der Waals surface area contributed by atoms with Crippen molar-refractivity contribution in [3.8, 4) is 0 Å². The fourth-order valence-corrected chi connectivity index (χ4v) is 1.56. The van der Waals surface area contributed by atoms with Crippen LogP contribution in [0, 0.1) is 0 Å². The summed E-state index contributed by atoms with van der Waals surface area (Å²) in [6.45, 7) is 0.870. The smallest absolute Gasteiger partial charge is 0.332 e. The zero-order valence-electron chi connectivity index (χ0n) is 9.02. The lowest BCUT2D eigenvalue weighted by molar-refractivity contribution is -0.147. The van der Waals surface area contributed by atoms with Gasteiger partial charge in [0.1, 0.15) is 0 Å². The Hall–Kier alpha value is -1.14. The summed E-state index contributed by atoms with van der Waals surface area (Å²) in [5.41, 5.74) is 0. The van der Waals surface area contributed by atoms with Crippen LogP contribution >= 0.6 is 0 Å². The molecule has 0 saturated carbocycles. The Morgan fingerprint density at radius 2 is 2.25 bits per heavy atom. The van der Waals surface area contributed by atoms with Crippen molar-refractivity contribution in [1.82, 2.24) is 5.32 Å². The van der Waals surface area contributed by atoms with Crippen LogP contribution in [-0.4, -0.2) is 47.4 Å². The van der Waals surface area contributed by atoms with Crippen molar-refractivity contribution in [2.75, 3.05) is 13.2 Å². The highest BCUT2D eigenvalue weighted by Crippen LogP contribution is 2.14. The van der Waals surface area contributed by atoms with E-state index in [1.807, 2.05) is 0 Å². The zero-order chi connectivity index (χ0) is 12.0. The molecule has 1 saturated heterocycles. The lowest BCUT2D eigenvalue weighted by Crippen LogP contribution is -2.31. The molecule has 0 aliphatic carbocycles. The summed E-state index contributed by atoms with van der Waals surface area (Å²) in [7, 11) is 0. The van der Waals surface area contributed by atoms with Crippen LogP contribution < -0.4 is 5.32 Å². The highest BCUT2D eigenvalue weighted by atomic mass is 16.5. The molecule has 1 amide bonds. The van der Waals surface area contributed by atoms with Gasteiger partial charge in [0.25, 0.3) is 0 Å². The van der Waals surface area contributed by atoms with Crippen molar-refractivity contribution >= 4 is 11.9 Å². The Morgan fingerprint density at radius 1 is 1.50 bits per heavy atom. The Morgan fingerprint density at radius 3 is 2.81 bits per heavy atom. The summed E-state index contributed by atoms with van der Waals surface area (Å²) in [5.74, 6) is -1.43. The average molecular weight is 231 g/mol. The van der Waals surface area contributed by atoms with E-state index in [-0.39, 0.29) is 25.0 Å². The summed E-state index contributed by atoms with van der Waals surface area (Å²) in [5, 5.41) is 19.9. The van der Waals surface area contributed by atoms with Crippen LogP contribution in [0.15, 0.2) is 0 Å². The standard InChI is InChI=1S/C10H17NO5/c12-8(10(14)15)3-4-11-9(13)6-7-2-1-5-16-7/h7-8,12H,1-6H2,(H,11,13)(H,14,15). The minimum Gasteiger partial charge on any atom is -0.479 e. The molecule has 1 fully saturated rings. The van der Waals surface area contributed by atoms with Crippen molar-refractivity contribution < 1.29 is 24.5 Å². The summed E-state index contributed by atoms with van der Waals surface area (Å²) in [6.07, 6.45) is 0.781. The Balaban J connectivity index is 2.08. The molecule has 6 heteroatoms. The number of hydrogen-bond donors (Lipinski definition) is 3. The van der Waals surface area contributed by atoms with E-state index < -0.39 is 12.1 Å². The van der Waals surface area contributed by atoms with Gasteiger partial charge in [0.05, 0.1) is 12.5 Å². The van der Waals surface area contributed by atoms with Gasteiger partial charge in [-0.25, -0.2) is 4.79 Å². The fourth-order valence-electron chi connectivity index (χ4n) is 1.56. The van der Waals surface area contributed by atoms with E-state index in [4.69, 9.17) is 14.9 Å². The zero-order valence-corrected chi connectivity index (χ0v) is 9.02. The summed E-state index contributed by atoms with van der Waals surface area (Å²) < 4.78 is 5.28. The fraction of sp³-hybridized carbons (Fsp3) is 0.800. The molecule has 6 nitrogen and oxygen atoms in total. The number of carbonyl (C=O) groups is 2. The highest BCUT2D eigenvalue weighted by molar-refractivity contribution is 5.76. The topological polar surface area (TPSA) is 95.9 Å². The van der Waals surface area contributed by atoms with Gasteiger partial charge in [-0.05, 0) is 12.8 Å². The molecular weight excluding hydrogens is 214 g/mol. The van der Waals surface area contributed by atoms with E-state index in [9.17, 15) is 9.59 Å². The van der Waals surface area contributed by atoms with Crippen LogP contribution in [0.4, 0.5) is 0 Å². The Labute approximate surface area is 93.6 Å². The molecule has 2 unspecified atom stereocenters. The molecule has 2 atom stereocenters. The largest absolute Gasteiger partial charge is 0.479 e. The van der Waals surface area contributed by atoms with Crippen molar-refractivity contribution in [2.45, 2.75) is 37.9 Å². The van der Waals surface area contributed by atoms with Gasteiger partial charge >= 0.3 is 5.97 Å². The third-order valence-corrected chi connectivity index (χ3v) is 2.46. The maximum Gasteiger partial charge on any atom is 0.332 e. The normalized spacial score (nSPS) is 21.7. The van der Waals surface area contributed by atoms with E-state index >= 15 is 0 Å². The van der Waals surface area contributed by atoms with Gasteiger partial charge < -0.3 is 20.3 Å². The number of aliphatic carboxylic acids is 1. The molecule has 1 aliphatic heterocycles. The number of carbonyl (C=O) groups excluding carboxylic acids is 1. The molecule has 1 aliphatic rings. The first kappa shape index (κ1) is 12.9. The van der Waals surface area contributed by atoms with Crippen LogP contribution in [0.5, 0.6) is 0 Å². The van der Waals surface area contributed by atoms with Gasteiger partial charge in [-0.3, -0.25) is 4.79 Å². The molecule has 0 bridgehead atoms. The number of aliphatic hydroxyl groups excluding tert-OH is 1. The SMILES string of the molecule is O=C(CC1CCCO1)NCCC(O)C(=O)O. The third kappa shape index (κ3) is 4.59. The molecule has 0 aromatic heterocycles. The molecule has 0 aromatic carbocycles. The molecule has 92 valence electrons. The Bertz CT molecular complexity index is 250. The number of ether oxygens (including phenoxy) is 1. The van der Waals surface area contributed by atoms with Gasteiger partial charge in [-0.1, -0.05) is 0 Å². The minimum atomic E-state index is -1.41. The number of hydrogen-bond acceptors (Lipinski definition) is 4. The number of rotatable bonds is 6. The van der Waals surface area contributed by atoms with Crippen LogP contribution in [0.25, 0.3) is 0 Å². The summed E-state index contributed by atoms with van der Waals surface area (Å²) >= 11 is 0. The van der Waals surface area contributed by atoms with Crippen LogP contribution in [-0.2, 0) is 14.3 Å². The quantitative estimate of drug-likeness (QED) is 0.573. The van der Waals surface area contributed by atoms with Crippen molar-refractivity contribution in [3.05, 3.63) is 0 Å². The van der Waals surface area contributed by atoms with Crippen LogP contribution in [0.2, 0.25) is 0 Å². The second kappa shape index (κ2) is 6.44. The lowest BCUT2D eigenvalue weighted by atomic mass is 10.2. The molecule has 1 rings (SSSR count). The monoisotopic (exact) mass is 231 g/mol. The maximum absolute atomic E-state index is 11.3. The summed E-state index contributed by atoms with van der Waals surface area (Å²) in [4.78, 5) is 21.6. The first-order valence-electron chi connectivity index (χ1n) is 5.38. The molecule has 0 radical (unpaired) electrons. The predicted molar refractivity (Wildman–Crippen MR) is 54.9 cm³/mol. The molecule has 3 N–H and O–H groups in total. The highest BCUT2D eigenvalue weighted by Gasteiger charge is 2.19. The number of carboxylic acid groups (broad SMARTS) is 1. The van der Waals surface area contributed by atoms with Crippen molar-refractivity contribution in [1.29, 1.82) is 0 Å². The minimum absolute atomic E-state index is 0.00982. The molecule has 0 spiro atoms. The number of nitrogens with one attached hydrogen (secondary N) is 1. The predicted octanol–water partition coefficient (Wildman–Crippen LogP) is -0.493. The van der Waals surface area contributed by atoms with E-state index in [0.29, 0.717) is 13.0 Å². The number of amides is 1. The first-order valence-corrected chi connectivity index (χ1v) is 5.38. The number of aliphatic hydroxyl groups is 1. The number of carboxylic acids is 1. The molecular formula is C10H17NO5. The van der Waals surface area contributed by atoms with Crippen molar-refractivity contribution in [2.24, 2.45) is 0 Å². The van der Waals surface area contributed by atoms with Crippen LogP contribution in [0.1, 0.15) is 25.7 Å². The molecule has 16 heavy (non-hydrogen) atoms. The van der Waals surface area contributed by atoms with E-state index in [2.05, 4.69) is 5.32 Å². The first-order chi connectivity index (χ1) is 7.59. The second-order valence-electron chi connectivity index (χ2n) is 3.83. The van der Waals surface area contributed by atoms with Gasteiger partial charge in [-0.15, -0.1) is 0 Å². The van der Waals surface area contributed by atoms with Gasteiger partial charge in [0, 0.05) is 19.6 Å². The van der Waals surface area contributed by atoms with Gasteiger partial charge in [0.2, 0.25) is 5.91 Å².